The zero-order chi connectivity index (χ0) is 22.3. The molecule has 1 amide bonds. The van der Waals surface area contributed by atoms with Crippen LogP contribution in [-0.2, 0) is 6.42 Å². The van der Waals surface area contributed by atoms with Gasteiger partial charge in [0.05, 0.1) is 17.6 Å². The van der Waals surface area contributed by atoms with Crippen LogP contribution in [0.4, 0.5) is 20.2 Å². The zero-order valence-corrected chi connectivity index (χ0v) is 17.8. The number of halogens is 2. The van der Waals surface area contributed by atoms with Gasteiger partial charge in [-0.1, -0.05) is 0 Å². The van der Waals surface area contributed by atoms with E-state index in [1.54, 1.807) is 18.5 Å². The Labute approximate surface area is 183 Å². The van der Waals surface area contributed by atoms with Crippen LogP contribution in [-0.4, -0.2) is 44.6 Å². The lowest BCUT2D eigenvalue weighted by Crippen LogP contribution is -2.41. The molecule has 1 N–H and O–H groups in total. The number of rotatable bonds is 3. The van der Waals surface area contributed by atoms with Crippen LogP contribution in [0.25, 0.3) is 5.65 Å². The van der Waals surface area contributed by atoms with Gasteiger partial charge >= 0.3 is 0 Å². The Morgan fingerprint density at radius 3 is 2.91 bits per heavy atom. The molecule has 1 aromatic carbocycles. The molecule has 9 heteroatoms. The molecule has 32 heavy (non-hydrogen) atoms. The molecule has 3 aromatic rings. The first-order chi connectivity index (χ1) is 15.2. The van der Waals surface area contributed by atoms with Gasteiger partial charge in [-0.15, -0.1) is 0 Å². The van der Waals surface area contributed by atoms with Gasteiger partial charge in [0.25, 0.3) is 11.8 Å². The van der Waals surface area contributed by atoms with E-state index in [4.69, 9.17) is 4.74 Å². The smallest absolute Gasteiger partial charge is 0.261 e. The van der Waals surface area contributed by atoms with Crippen molar-refractivity contribution in [2.24, 2.45) is 5.92 Å². The Morgan fingerprint density at radius 2 is 2.16 bits per heavy atom. The van der Waals surface area contributed by atoms with Crippen LogP contribution in [0.3, 0.4) is 0 Å². The van der Waals surface area contributed by atoms with E-state index in [9.17, 15) is 13.6 Å². The molecule has 4 heterocycles. The summed E-state index contributed by atoms with van der Waals surface area (Å²) in [7, 11) is 0. The molecular weight excluding hydrogens is 416 g/mol. The fourth-order valence-electron chi connectivity index (χ4n) is 5.35. The van der Waals surface area contributed by atoms with E-state index in [1.165, 1.54) is 10.7 Å². The largest absolute Gasteiger partial charge is 0.487 e. The summed E-state index contributed by atoms with van der Waals surface area (Å²) in [6, 6.07) is 5.30. The molecule has 1 aliphatic carbocycles. The SMILES string of the molecule is CC1(C)Cc2cc(NC(=O)c3cnn4cccnc34)c(N3CC4CC3CC4(F)F)cc2O1. The molecule has 2 unspecified atom stereocenters. The lowest BCUT2D eigenvalue weighted by molar-refractivity contribution is -0.0410. The number of piperidine rings is 1. The van der Waals surface area contributed by atoms with Crippen molar-refractivity contribution in [1.82, 2.24) is 14.6 Å². The maximum Gasteiger partial charge on any atom is 0.261 e. The fourth-order valence-corrected chi connectivity index (χ4v) is 5.35. The van der Waals surface area contributed by atoms with Crippen LogP contribution in [0.5, 0.6) is 5.75 Å². The van der Waals surface area contributed by atoms with E-state index in [1.807, 2.05) is 30.9 Å². The molecule has 1 saturated heterocycles. The van der Waals surface area contributed by atoms with Crippen LogP contribution < -0.4 is 15.0 Å². The predicted molar refractivity (Wildman–Crippen MR) is 115 cm³/mol. The Hall–Kier alpha value is -3.23. The van der Waals surface area contributed by atoms with Crippen LogP contribution in [0, 0.1) is 5.92 Å². The first-order valence-corrected chi connectivity index (χ1v) is 10.8. The van der Waals surface area contributed by atoms with Gasteiger partial charge in [0.1, 0.15) is 16.9 Å². The summed E-state index contributed by atoms with van der Waals surface area (Å²) in [6.07, 6.45) is 5.81. The van der Waals surface area contributed by atoms with Gasteiger partial charge in [0, 0.05) is 55.4 Å². The van der Waals surface area contributed by atoms with Crippen LogP contribution in [0.15, 0.2) is 36.8 Å². The quantitative estimate of drug-likeness (QED) is 0.670. The standard InChI is InChI=1S/C23H23F2N5O2/c1-22(2)9-13-6-17(28-21(31)16-11-27-30-5-3-4-26-20(16)30)18(8-19(13)32-22)29-12-14-7-15(29)10-23(14,24)25/h3-6,8,11,14-15H,7,9-10,12H2,1-2H3,(H,28,31). The van der Waals surface area contributed by atoms with Crippen LogP contribution in [0.1, 0.15) is 42.6 Å². The Morgan fingerprint density at radius 1 is 1.31 bits per heavy atom. The Bertz CT molecular complexity index is 1250. The van der Waals surface area contributed by atoms with Crippen LogP contribution in [0.2, 0.25) is 0 Å². The van der Waals surface area contributed by atoms with Crippen molar-refractivity contribution < 1.29 is 18.3 Å². The third kappa shape index (κ3) is 2.94. The number of hydrogen-bond acceptors (Lipinski definition) is 5. The minimum absolute atomic E-state index is 0.160. The van der Waals surface area contributed by atoms with E-state index in [2.05, 4.69) is 15.4 Å². The minimum atomic E-state index is -2.62. The number of carbonyl (C=O) groups excluding carboxylic acids is 1. The van der Waals surface area contributed by atoms with Crippen LogP contribution >= 0.6 is 0 Å². The van der Waals surface area contributed by atoms with E-state index in [0.717, 1.165) is 17.0 Å². The molecule has 3 aliphatic rings. The molecule has 2 aromatic heterocycles. The van der Waals surface area contributed by atoms with Gasteiger partial charge in [-0.2, -0.15) is 5.10 Å². The first kappa shape index (κ1) is 19.5. The molecule has 166 valence electrons. The summed E-state index contributed by atoms with van der Waals surface area (Å²) in [5.74, 6) is -2.88. The second-order valence-corrected chi connectivity index (χ2v) is 9.62. The molecule has 2 aliphatic heterocycles. The number of alkyl halides is 2. The average Bonchev–Trinajstić information content (AvgIpc) is 3.45. The highest BCUT2D eigenvalue weighted by Gasteiger charge is 2.56. The van der Waals surface area contributed by atoms with Crippen molar-refractivity contribution in [2.75, 3.05) is 16.8 Å². The number of fused-ring (bicyclic) bond motifs is 4. The second kappa shape index (κ2) is 6.40. The highest BCUT2D eigenvalue weighted by atomic mass is 19.3. The summed E-state index contributed by atoms with van der Waals surface area (Å²) < 4.78 is 35.9. The van der Waals surface area contributed by atoms with E-state index >= 15 is 0 Å². The third-order valence-electron chi connectivity index (χ3n) is 6.78. The van der Waals surface area contributed by atoms with Crippen molar-refractivity contribution in [3.63, 3.8) is 0 Å². The summed E-state index contributed by atoms with van der Waals surface area (Å²) in [6.45, 7) is 4.28. The molecule has 0 spiro atoms. The maximum atomic E-state index is 14.2. The first-order valence-electron chi connectivity index (χ1n) is 10.8. The highest BCUT2D eigenvalue weighted by Crippen LogP contribution is 2.52. The lowest BCUT2D eigenvalue weighted by atomic mass is 9.99. The number of hydrogen-bond donors (Lipinski definition) is 1. The molecule has 6 rings (SSSR count). The van der Waals surface area contributed by atoms with Crippen molar-refractivity contribution >= 4 is 22.9 Å². The van der Waals surface area contributed by atoms with Crippen molar-refractivity contribution in [2.45, 2.75) is 50.7 Å². The summed E-state index contributed by atoms with van der Waals surface area (Å²) >= 11 is 0. The fraction of sp³-hybridized carbons (Fsp3) is 0.435. The van der Waals surface area contributed by atoms with Gasteiger partial charge in [-0.05, 0) is 32.4 Å². The number of ether oxygens (including phenoxy) is 1. The summed E-state index contributed by atoms with van der Waals surface area (Å²) in [5, 5.41) is 7.19. The number of anilines is 2. The Kier molecular flexibility index (Phi) is 3.89. The van der Waals surface area contributed by atoms with Gasteiger partial charge in [0.2, 0.25) is 0 Å². The van der Waals surface area contributed by atoms with Crippen molar-refractivity contribution in [1.29, 1.82) is 0 Å². The highest BCUT2D eigenvalue weighted by molar-refractivity contribution is 6.09. The third-order valence-corrected chi connectivity index (χ3v) is 6.78. The van der Waals surface area contributed by atoms with Gasteiger partial charge in [-0.3, -0.25) is 4.79 Å². The number of benzene rings is 1. The number of amides is 1. The molecule has 2 fully saturated rings. The minimum Gasteiger partial charge on any atom is -0.487 e. The average molecular weight is 439 g/mol. The van der Waals surface area contributed by atoms with Crippen molar-refractivity contribution in [3.8, 4) is 5.75 Å². The Balaban J connectivity index is 1.38. The lowest BCUT2D eigenvalue weighted by Gasteiger charge is -2.34. The predicted octanol–water partition coefficient (Wildman–Crippen LogP) is 3.93. The monoisotopic (exact) mass is 439 g/mol. The normalized spacial score (nSPS) is 24.6. The van der Waals surface area contributed by atoms with E-state index in [0.29, 0.717) is 29.7 Å². The summed E-state index contributed by atoms with van der Waals surface area (Å²) in [5.41, 5.74) is 2.76. The van der Waals surface area contributed by atoms with Gasteiger partial charge < -0.3 is 15.0 Å². The zero-order valence-electron chi connectivity index (χ0n) is 17.8. The second-order valence-electron chi connectivity index (χ2n) is 9.62. The maximum absolute atomic E-state index is 14.2. The molecule has 7 nitrogen and oxygen atoms in total. The number of nitrogens with zero attached hydrogens (tertiary/aromatic N) is 4. The molecule has 0 radical (unpaired) electrons. The van der Waals surface area contributed by atoms with E-state index in [-0.39, 0.29) is 30.5 Å². The number of aromatic nitrogens is 3. The molecule has 2 atom stereocenters. The van der Waals surface area contributed by atoms with Crippen molar-refractivity contribution in [3.05, 3.63) is 47.9 Å². The summed E-state index contributed by atoms with van der Waals surface area (Å²) in [4.78, 5) is 19.4. The molecule has 1 saturated carbocycles. The van der Waals surface area contributed by atoms with E-state index < -0.39 is 11.8 Å². The number of nitrogens with one attached hydrogen (secondary N) is 1. The van der Waals surface area contributed by atoms with Gasteiger partial charge in [-0.25, -0.2) is 18.3 Å². The number of carbonyl (C=O) groups is 1. The van der Waals surface area contributed by atoms with Gasteiger partial charge in [0.15, 0.2) is 5.65 Å². The molecular formula is C23H23F2N5O2. The molecule has 2 bridgehead atoms. The topological polar surface area (TPSA) is 71.8 Å².